The van der Waals surface area contributed by atoms with Crippen LogP contribution in [-0.4, -0.2) is 5.11 Å². The molecule has 112 valence electrons. The number of anilines is 1. The molecule has 2 aromatic rings. The number of aromatic hydroxyl groups is 1. The molecule has 2 rings (SSSR count). The molecule has 0 amide bonds. The van der Waals surface area contributed by atoms with Gasteiger partial charge in [-0.1, -0.05) is 12.1 Å². The summed E-state index contributed by atoms with van der Waals surface area (Å²) in [6.45, 7) is 4.06. The van der Waals surface area contributed by atoms with Crippen molar-refractivity contribution < 1.29 is 18.3 Å². The molecule has 0 unspecified atom stereocenters. The second-order valence-corrected chi connectivity index (χ2v) is 5.00. The Bertz CT molecular complexity index is 633. The van der Waals surface area contributed by atoms with Crippen molar-refractivity contribution in [3.05, 3.63) is 58.7 Å². The largest absolute Gasteiger partial charge is 0.508 e. The van der Waals surface area contributed by atoms with E-state index < -0.39 is 11.7 Å². The van der Waals surface area contributed by atoms with Gasteiger partial charge in [0.2, 0.25) is 0 Å². The molecule has 0 aromatic heterocycles. The summed E-state index contributed by atoms with van der Waals surface area (Å²) in [6.07, 6.45) is -4.31. The van der Waals surface area contributed by atoms with E-state index in [2.05, 4.69) is 5.32 Å². The van der Waals surface area contributed by atoms with Crippen LogP contribution in [0.25, 0.3) is 0 Å². The molecule has 0 saturated carbocycles. The minimum absolute atomic E-state index is 0.229. The fourth-order valence-corrected chi connectivity index (χ4v) is 2.00. The van der Waals surface area contributed by atoms with Gasteiger partial charge in [0.15, 0.2) is 0 Å². The first kappa shape index (κ1) is 15.2. The molecule has 0 heterocycles. The van der Waals surface area contributed by atoms with Crippen molar-refractivity contribution in [1.29, 1.82) is 0 Å². The van der Waals surface area contributed by atoms with E-state index in [1.165, 1.54) is 12.1 Å². The molecular formula is C16H16F3NO. The van der Waals surface area contributed by atoms with Crippen molar-refractivity contribution in [2.75, 3.05) is 5.32 Å². The Balaban J connectivity index is 2.08. The Morgan fingerprint density at radius 2 is 1.62 bits per heavy atom. The van der Waals surface area contributed by atoms with Gasteiger partial charge in [-0.25, -0.2) is 0 Å². The lowest BCUT2D eigenvalue weighted by Crippen LogP contribution is -2.06. The number of hydrogen-bond acceptors (Lipinski definition) is 2. The number of aryl methyl sites for hydroxylation is 2. The van der Waals surface area contributed by atoms with Crippen LogP contribution in [0.2, 0.25) is 0 Å². The molecule has 5 heteroatoms. The van der Waals surface area contributed by atoms with Crippen molar-refractivity contribution in [2.45, 2.75) is 26.6 Å². The van der Waals surface area contributed by atoms with E-state index in [1.54, 1.807) is 13.0 Å². The lowest BCUT2D eigenvalue weighted by Gasteiger charge is -2.12. The summed E-state index contributed by atoms with van der Waals surface area (Å²) < 4.78 is 37.4. The number of nitrogens with one attached hydrogen (secondary N) is 1. The number of phenols is 1. The summed E-state index contributed by atoms with van der Waals surface area (Å²) in [4.78, 5) is 0. The standard InChI is InChI=1S/C16H16F3NO/c1-10-8-15(21)11(2)7-14(10)20-9-12-3-5-13(6-4-12)16(17,18)19/h3-8,20-21H,9H2,1-2H3. The minimum atomic E-state index is -4.31. The van der Waals surface area contributed by atoms with E-state index in [0.717, 1.165) is 34.5 Å². The first-order chi connectivity index (χ1) is 9.77. The van der Waals surface area contributed by atoms with Crippen LogP contribution in [-0.2, 0) is 12.7 Å². The van der Waals surface area contributed by atoms with E-state index in [-0.39, 0.29) is 5.75 Å². The topological polar surface area (TPSA) is 32.3 Å². The third-order valence-electron chi connectivity index (χ3n) is 3.31. The van der Waals surface area contributed by atoms with Gasteiger partial charge in [0.1, 0.15) is 5.75 Å². The second-order valence-electron chi connectivity index (χ2n) is 5.00. The lowest BCUT2D eigenvalue weighted by molar-refractivity contribution is -0.137. The summed E-state index contributed by atoms with van der Waals surface area (Å²) in [5.74, 6) is 0.229. The van der Waals surface area contributed by atoms with Gasteiger partial charge >= 0.3 is 6.18 Å². The van der Waals surface area contributed by atoms with E-state index >= 15 is 0 Å². The van der Waals surface area contributed by atoms with Gasteiger partial charge in [-0.3, -0.25) is 0 Å². The number of halogens is 3. The van der Waals surface area contributed by atoms with E-state index in [4.69, 9.17) is 0 Å². The van der Waals surface area contributed by atoms with Crippen molar-refractivity contribution in [2.24, 2.45) is 0 Å². The number of benzene rings is 2. The van der Waals surface area contributed by atoms with E-state index in [0.29, 0.717) is 6.54 Å². The average molecular weight is 295 g/mol. The van der Waals surface area contributed by atoms with Gasteiger partial charge in [-0.2, -0.15) is 13.2 Å². The van der Waals surface area contributed by atoms with E-state index in [9.17, 15) is 18.3 Å². The van der Waals surface area contributed by atoms with Crippen LogP contribution in [0.4, 0.5) is 18.9 Å². The quantitative estimate of drug-likeness (QED) is 0.808. The molecule has 0 aliphatic heterocycles. The van der Waals surface area contributed by atoms with Crippen LogP contribution in [0.5, 0.6) is 5.75 Å². The fourth-order valence-electron chi connectivity index (χ4n) is 2.00. The fraction of sp³-hybridized carbons (Fsp3) is 0.250. The third-order valence-corrected chi connectivity index (χ3v) is 3.31. The Kier molecular flexibility index (Phi) is 4.11. The van der Waals surface area contributed by atoms with Crippen LogP contribution in [0.3, 0.4) is 0 Å². The maximum atomic E-state index is 12.5. The molecule has 21 heavy (non-hydrogen) atoms. The molecule has 0 radical (unpaired) electrons. The summed E-state index contributed by atoms with van der Waals surface area (Å²) >= 11 is 0. The molecule has 0 spiro atoms. The summed E-state index contributed by atoms with van der Waals surface area (Å²) in [7, 11) is 0. The highest BCUT2D eigenvalue weighted by molar-refractivity contribution is 5.56. The summed E-state index contributed by atoms with van der Waals surface area (Å²) in [5, 5.41) is 12.7. The van der Waals surface area contributed by atoms with Crippen molar-refractivity contribution >= 4 is 5.69 Å². The highest BCUT2D eigenvalue weighted by atomic mass is 19.4. The zero-order valence-corrected chi connectivity index (χ0v) is 11.8. The van der Waals surface area contributed by atoms with Gasteiger partial charge in [-0.15, -0.1) is 0 Å². The smallest absolute Gasteiger partial charge is 0.416 e. The Labute approximate surface area is 121 Å². The highest BCUT2D eigenvalue weighted by Gasteiger charge is 2.29. The molecule has 2 nitrogen and oxygen atoms in total. The Hall–Kier alpha value is -2.17. The molecular weight excluding hydrogens is 279 g/mol. The van der Waals surface area contributed by atoms with Crippen LogP contribution in [0, 0.1) is 13.8 Å². The average Bonchev–Trinajstić information content (AvgIpc) is 2.41. The molecule has 0 fully saturated rings. The lowest BCUT2D eigenvalue weighted by atomic mass is 10.1. The monoisotopic (exact) mass is 295 g/mol. The molecule has 2 aromatic carbocycles. The van der Waals surface area contributed by atoms with Gasteiger partial charge in [0.05, 0.1) is 5.56 Å². The van der Waals surface area contributed by atoms with E-state index in [1.807, 2.05) is 13.0 Å². The number of hydrogen-bond donors (Lipinski definition) is 2. The zero-order chi connectivity index (χ0) is 15.6. The predicted octanol–water partition coefficient (Wildman–Crippen LogP) is 4.64. The maximum Gasteiger partial charge on any atom is 0.416 e. The van der Waals surface area contributed by atoms with Crippen molar-refractivity contribution in [3.63, 3.8) is 0 Å². The normalized spacial score (nSPS) is 11.5. The zero-order valence-electron chi connectivity index (χ0n) is 11.8. The van der Waals surface area contributed by atoms with Gasteiger partial charge in [0, 0.05) is 12.2 Å². The highest BCUT2D eigenvalue weighted by Crippen LogP contribution is 2.29. The SMILES string of the molecule is Cc1cc(NCc2ccc(C(F)(F)F)cc2)c(C)cc1O. The van der Waals surface area contributed by atoms with Gasteiger partial charge < -0.3 is 10.4 Å². The van der Waals surface area contributed by atoms with Crippen LogP contribution < -0.4 is 5.32 Å². The van der Waals surface area contributed by atoms with Crippen molar-refractivity contribution in [3.8, 4) is 5.75 Å². The van der Waals surface area contributed by atoms with Crippen LogP contribution in [0.15, 0.2) is 36.4 Å². The third kappa shape index (κ3) is 3.68. The molecule has 0 aliphatic rings. The molecule has 0 atom stereocenters. The molecule has 0 aliphatic carbocycles. The summed E-state index contributed by atoms with van der Waals surface area (Å²) in [6, 6.07) is 8.54. The Morgan fingerprint density at radius 3 is 2.19 bits per heavy atom. The van der Waals surface area contributed by atoms with Crippen LogP contribution >= 0.6 is 0 Å². The van der Waals surface area contributed by atoms with Gasteiger partial charge in [-0.05, 0) is 54.8 Å². The van der Waals surface area contributed by atoms with Crippen LogP contribution in [0.1, 0.15) is 22.3 Å². The van der Waals surface area contributed by atoms with Crippen molar-refractivity contribution in [1.82, 2.24) is 0 Å². The molecule has 2 N–H and O–H groups in total. The molecule has 0 bridgehead atoms. The minimum Gasteiger partial charge on any atom is -0.508 e. The first-order valence-corrected chi connectivity index (χ1v) is 6.47. The number of alkyl halides is 3. The number of phenolic OH excluding ortho intramolecular Hbond substituents is 1. The number of rotatable bonds is 3. The summed E-state index contributed by atoms with van der Waals surface area (Å²) in [5.41, 5.74) is 2.58. The predicted molar refractivity (Wildman–Crippen MR) is 76.4 cm³/mol. The Morgan fingerprint density at radius 1 is 1.00 bits per heavy atom. The first-order valence-electron chi connectivity index (χ1n) is 6.47. The molecule has 0 saturated heterocycles. The van der Waals surface area contributed by atoms with Gasteiger partial charge in [0.25, 0.3) is 0 Å². The second kappa shape index (κ2) is 5.68. The maximum absolute atomic E-state index is 12.5.